The molecule has 1 aromatic carbocycles. The van der Waals surface area contributed by atoms with Gasteiger partial charge in [0.2, 0.25) is 5.75 Å². The first-order chi connectivity index (χ1) is 15.8. The zero-order valence-corrected chi connectivity index (χ0v) is 21.0. The highest BCUT2D eigenvalue weighted by atomic mass is 32.1. The summed E-state index contributed by atoms with van der Waals surface area (Å²) in [4.78, 5) is 26.7. The third-order valence-electron chi connectivity index (χ3n) is 5.37. The molecule has 0 saturated carbocycles. The molecule has 1 heterocycles. The molecule has 1 aliphatic rings. The summed E-state index contributed by atoms with van der Waals surface area (Å²) < 4.78 is 21.2. The maximum Gasteiger partial charge on any atom is 0.341 e. The van der Waals surface area contributed by atoms with Crippen LogP contribution in [-0.4, -0.2) is 44.9 Å². The van der Waals surface area contributed by atoms with Crippen molar-refractivity contribution in [3.05, 3.63) is 33.7 Å². The van der Waals surface area contributed by atoms with E-state index >= 15 is 0 Å². The van der Waals surface area contributed by atoms with Crippen molar-refractivity contribution < 1.29 is 28.5 Å². The van der Waals surface area contributed by atoms with Crippen LogP contribution in [0.4, 0.5) is 5.00 Å². The maximum absolute atomic E-state index is 12.9. The van der Waals surface area contributed by atoms with Gasteiger partial charge in [0.1, 0.15) is 5.00 Å². The van der Waals surface area contributed by atoms with E-state index in [0.29, 0.717) is 33.7 Å². The SMILES string of the molecule is CCOC(=O)c1c(NC(=S)NC(=O)c2cc(OC)c(OC)c(OC)c2)sc2c1CC[C@H](C)C2. The Morgan fingerprint density at radius 2 is 1.82 bits per heavy atom. The molecule has 0 unspecified atom stereocenters. The number of thiocarbonyl (C=S) groups is 1. The number of nitrogens with one attached hydrogen (secondary N) is 2. The van der Waals surface area contributed by atoms with Crippen LogP contribution in [-0.2, 0) is 17.6 Å². The van der Waals surface area contributed by atoms with Gasteiger partial charge in [-0.15, -0.1) is 11.3 Å². The first-order valence-corrected chi connectivity index (χ1v) is 11.8. The Hall–Kier alpha value is -2.85. The zero-order valence-electron chi connectivity index (χ0n) is 19.3. The number of carbonyl (C=O) groups is 2. The normalized spacial score (nSPS) is 14.6. The van der Waals surface area contributed by atoms with Crippen LogP contribution >= 0.6 is 23.6 Å². The maximum atomic E-state index is 12.9. The second-order valence-electron chi connectivity index (χ2n) is 7.60. The Morgan fingerprint density at radius 3 is 2.39 bits per heavy atom. The van der Waals surface area contributed by atoms with Gasteiger partial charge >= 0.3 is 5.97 Å². The van der Waals surface area contributed by atoms with E-state index in [1.807, 2.05) is 0 Å². The minimum atomic E-state index is -0.459. The number of fused-ring (bicyclic) bond motifs is 1. The molecule has 3 rings (SSSR count). The van der Waals surface area contributed by atoms with E-state index in [2.05, 4.69) is 17.6 Å². The Kier molecular flexibility index (Phi) is 8.15. The molecule has 10 heteroatoms. The van der Waals surface area contributed by atoms with E-state index in [1.165, 1.54) is 44.8 Å². The lowest BCUT2D eigenvalue weighted by Crippen LogP contribution is -2.34. The molecule has 2 aromatic rings. The summed E-state index contributed by atoms with van der Waals surface area (Å²) in [5.41, 5.74) is 1.80. The van der Waals surface area contributed by atoms with Crippen molar-refractivity contribution in [3.8, 4) is 17.2 Å². The first kappa shape index (κ1) is 24.8. The van der Waals surface area contributed by atoms with E-state index < -0.39 is 5.91 Å². The summed E-state index contributed by atoms with van der Waals surface area (Å²) in [6.45, 7) is 4.25. The summed E-state index contributed by atoms with van der Waals surface area (Å²) in [6, 6.07) is 3.07. The average molecular weight is 493 g/mol. The van der Waals surface area contributed by atoms with Crippen LogP contribution in [0, 0.1) is 5.92 Å². The number of amides is 1. The topological polar surface area (TPSA) is 95.1 Å². The molecule has 0 fully saturated rings. The number of ether oxygens (including phenoxy) is 4. The van der Waals surface area contributed by atoms with Crippen LogP contribution < -0.4 is 24.8 Å². The van der Waals surface area contributed by atoms with Crippen LogP contribution in [0.3, 0.4) is 0 Å². The molecule has 178 valence electrons. The van der Waals surface area contributed by atoms with Gasteiger partial charge in [0.25, 0.3) is 5.91 Å². The number of benzene rings is 1. The fourth-order valence-electron chi connectivity index (χ4n) is 3.78. The molecule has 0 spiro atoms. The van der Waals surface area contributed by atoms with Crippen LogP contribution in [0.5, 0.6) is 17.2 Å². The monoisotopic (exact) mass is 492 g/mol. The number of rotatable bonds is 7. The van der Waals surface area contributed by atoms with Crippen molar-refractivity contribution in [3.63, 3.8) is 0 Å². The molecular formula is C23H28N2O6S2. The highest BCUT2D eigenvalue weighted by molar-refractivity contribution is 7.80. The molecule has 0 aliphatic heterocycles. The van der Waals surface area contributed by atoms with Crippen LogP contribution in [0.1, 0.15) is 51.4 Å². The van der Waals surface area contributed by atoms with Gasteiger partial charge in [0.15, 0.2) is 16.6 Å². The van der Waals surface area contributed by atoms with Crippen molar-refractivity contribution in [2.24, 2.45) is 5.92 Å². The second-order valence-corrected chi connectivity index (χ2v) is 9.11. The summed E-state index contributed by atoms with van der Waals surface area (Å²) in [6.07, 6.45) is 2.73. The Bertz CT molecular complexity index is 1040. The van der Waals surface area contributed by atoms with Crippen LogP contribution in [0.2, 0.25) is 0 Å². The van der Waals surface area contributed by atoms with Gasteiger partial charge in [-0.1, -0.05) is 6.92 Å². The van der Waals surface area contributed by atoms with Crippen molar-refractivity contribution in [1.82, 2.24) is 5.32 Å². The first-order valence-electron chi connectivity index (χ1n) is 10.6. The third-order valence-corrected chi connectivity index (χ3v) is 6.75. The molecule has 8 nitrogen and oxygen atoms in total. The number of thiophene rings is 1. The Labute approximate surface area is 202 Å². The van der Waals surface area contributed by atoms with E-state index in [-0.39, 0.29) is 23.3 Å². The summed E-state index contributed by atoms with van der Waals surface area (Å²) in [5, 5.41) is 6.35. The Morgan fingerprint density at radius 1 is 1.15 bits per heavy atom. The molecule has 1 aliphatic carbocycles. The number of esters is 1. The van der Waals surface area contributed by atoms with E-state index in [0.717, 1.165) is 29.7 Å². The van der Waals surface area contributed by atoms with Crippen LogP contribution in [0.25, 0.3) is 0 Å². The number of anilines is 1. The van der Waals surface area contributed by atoms with Crippen molar-refractivity contribution in [2.75, 3.05) is 33.3 Å². The Balaban J connectivity index is 1.82. The van der Waals surface area contributed by atoms with E-state index in [9.17, 15) is 9.59 Å². The number of carbonyl (C=O) groups excluding carboxylic acids is 2. The summed E-state index contributed by atoms with van der Waals surface area (Å²) in [7, 11) is 4.44. The van der Waals surface area contributed by atoms with Crippen molar-refractivity contribution >= 4 is 45.5 Å². The fraction of sp³-hybridized carbons (Fsp3) is 0.435. The lowest BCUT2D eigenvalue weighted by molar-refractivity contribution is 0.0526. The van der Waals surface area contributed by atoms with Gasteiger partial charge in [0, 0.05) is 10.4 Å². The van der Waals surface area contributed by atoms with Gasteiger partial charge in [-0.2, -0.15) is 0 Å². The molecule has 2 N–H and O–H groups in total. The zero-order chi connectivity index (χ0) is 24.1. The smallest absolute Gasteiger partial charge is 0.341 e. The molecule has 0 radical (unpaired) electrons. The number of hydrogen-bond donors (Lipinski definition) is 2. The van der Waals surface area contributed by atoms with Gasteiger partial charge < -0.3 is 24.3 Å². The highest BCUT2D eigenvalue weighted by Crippen LogP contribution is 2.40. The molecule has 1 aromatic heterocycles. The largest absolute Gasteiger partial charge is 0.493 e. The minimum absolute atomic E-state index is 0.0749. The number of hydrogen-bond acceptors (Lipinski definition) is 8. The summed E-state index contributed by atoms with van der Waals surface area (Å²) in [5.74, 6) is 0.793. The third kappa shape index (κ3) is 5.39. The predicted octanol–water partition coefficient (Wildman–Crippen LogP) is 4.20. The van der Waals surface area contributed by atoms with Crippen molar-refractivity contribution in [1.29, 1.82) is 0 Å². The second kappa shape index (κ2) is 10.8. The van der Waals surface area contributed by atoms with Gasteiger partial charge in [0.05, 0.1) is 33.5 Å². The van der Waals surface area contributed by atoms with Crippen LogP contribution in [0.15, 0.2) is 12.1 Å². The van der Waals surface area contributed by atoms with Crippen molar-refractivity contribution in [2.45, 2.75) is 33.1 Å². The molecule has 1 amide bonds. The average Bonchev–Trinajstić information content (AvgIpc) is 3.14. The molecule has 0 bridgehead atoms. The quantitative estimate of drug-likeness (QED) is 0.439. The molecule has 0 saturated heterocycles. The van der Waals surface area contributed by atoms with E-state index in [1.54, 1.807) is 6.92 Å². The number of methoxy groups -OCH3 is 3. The predicted molar refractivity (Wildman–Crippen MR) is 131 cm³/mol. The fourth-order valence-corrected chi connectivity index (χ4v) is 5.44. The highest BCUT2D eigenvalue weighted by Gasteiger charge is 2.29. The van der Waals surface area contributed by atoms with Gasteiger partial charge in [-0.3, -0.25) is 10.1 Å². The van der Waals surface area contributed by atoms with Gasteiger partial charge in [-0.25, -0.2) is 4.79 Å². The van der Waals surface area contributed by atoms with E-state index in [4.69, 9.17) is 31.2 Å². The minimum Gasteiger partial charge on any atom is -0.493 e. The molecule has 33 heavy (non-hydrogen) atoms. The molecule has 1 atom stereocenters. The lowest BCUT2D eigenvalue weighted by Gasteiger charge is -2.18. The summed E-state index contributed by atoms with van der Waals surface area (Å²) >= 11 is 6.86. The standard InChI is InChI=1S/C23H28N2O6S2/c1-6-31-22(27)18-14-8-7-12(2)9-17(14)33-21(18)25-23(32)24-20(26)13-10-15(28-3)19(30-5)16(11-13)29-4/h10-12H,6-9H2,1-5H3,(H2,24,25,26,32)/t12-/m0/s1. The molecular weight excluding hydrogens is 464 g/mol. The van der Waals surface area contributed by atoms with Gasteiger partial charge in [-0.05, 0) is 62.0 Å². The lowest BCUT2D eigenvalue weighted by atomic mass is 9.88.